The number of aryl methyl sites for hydroxylation is 2. The zero-order valence-electron chi connectivity index (χ0n) is 14.8. The number of hydrogen-bond donors (Lipinski definition) is 1. The van der Waals surface area contributed by atoms with E-state index >= 15 is 0 Å². The van der Waals surface area contributed by atoms with Gasteiger partial charge in [0.15, 0.2) is 0 Å². The van der Waals surface area contributed by atoms with Crippen LogP contribution in [0.25, 0.3) is 0 Å². The Labute approximate surface area is 144 Å². The Hall–Kier alpha value is -1.43. The Kier molecular flexibility index (Phi) is 8.24. The van der Waals surface area contributed by atoms with Gasteiger partial charge in [-0.05, 0) is 44.6 Å². The smallest absolute Gasteiger partial charge is 0.239 e. The van der Waals surface area contributed by atoms with Gasteiger partial charge in [0.1, 0.15) is 7.85 Å². The van der Waals surface area contributed by atoms with Gasteiger partial charge in [-0.15, -0.1) is 0 Å². The minimum absolute atomic E-state index is 0.0113. The van der Waals surface area contributed by atoms with Crippen molar-refractivity contribution in [2.75, 3.05) is 25.1 Å². The average molecular weight is 334 g/mol. The maximum atomic E-state index is 12.1. The van der Waals surface area contributed by atoms with Crippen LogP contribution in [0, 0.1) is 13.8 Å². The molecule has 0 spiro atoms. The Bertz CT molecular complexity index is 551. The van der Waals surface area contributed by atoms with Crippen LogP contribution in [-0.4, -0.2) is 55.6 Å². The van der Waals surface area contributed by atoms with Crippen LogP contribution in [0.5, 0.6) is 0 Å². The van der Waals surface area contributed by atoms with Crippen LogP contribution in [0.4, 0.5) is 0 Å². The summed E-state index contributed by atoms with van der Waals surface area (Å²) in [4.78, 5) is 25.6. The highest BCUT2D eigenvalue weighted by molar-refractivity contribution is 7.99. The number of likely N-dealkylation sites (N-methyl/N-ethyl adjacent to an activating group) is 1. The topological polar surface area (TPSA) is 49.4 Å². The summed E-state index contributed by atoms with van der Waals surface area (Å²) in [6.45, 7) is 6.75. The minimum atomic E-state index is -0.0985. The molecule has 2 amide bonds. The summed E-state index contributed by atoms with van der Waals surface area (Å²) < 4.78 is 0. The molecule has 0 aliphatic carbocycles. The third-order valence-corrected chi connectivity index (χ3v) is 4.30. The fourth-order valence-corrected chi connectivity index (χ4v) is 2.97. The molecule has 0 unspecified atom stereocenters. The third kappa shape index (κ3) is 6.69. The number of carbonyl (C=O) groups excluding carboxylic acids is 2. The van der Waals surface area contributed by atoms with E-state index in [1.54, 1.807) is 4.90 Å². The van der Waals surface area contributed by atoms with E-state index < -0.39 is 0 Å². The van der Waals surface area contributed by atoms with Gasteiger partial charge in [0, 0.05) is 12.5 Å². The van der Waals surface area contributed by atoms with Gasteiger partial charge in [0.25, 0.3) is 0 Å². The molecule has 0 saturated heterocycles. The summed E-state index contributed by atoms with van der Waals surface area (Å²) in [6, 6.07) is 6.37. The molecule has 0 heterocycles. The van der Waals surface area contributed by atoms with E-state index in [1.165, 1.54) is 28.5 Å². The van der Waals surface area contributed by atoms with Gasteiger partial charge in [-0.1, -0.05) is 23.8 Å². The van der Waals surface area contributed by atoms with Crippen LogP contribution in [0.15, 0.2) is 18.2 Å². The summed E-state index contributed by atoms with van der Waals surface area (Å²) in [6.07, 6.45) is 2.68. The van der Waals surface area contributed by atoms with Crippen LogP contribution in [0.1, 0.15) is 23.6 Å². The van der Waals surface area contributed by atoms with Gasteiger partial charge in [-0.3, -0.25) is 9.59 Å². The van der Waals surface area contributed by atoms with Gasteiger partial charge in [-0.25, -0.2) is 0 Å². The molecule has 0 fully saturated rings. The number of hydrogen-bond acceptors (Lipinski definition) is 3. The van der Waals surface area contributed by atoms with Crippen molar-refractivity contribution in [2.45, 2.75) is 33.1 Å². The zero-order valence-corrected chi connectivity index (χ0v) is 15.6. The van der Waals surface area contributed by atoms with E-state index in [9.17, 15) is 9.59 Å². The van der Waals surface area contributed by atoms with E-state index in [0.29, 0.717) is 12.3 Å². The summed E-state index contributed by atoms with van der Waals surface area (Å²) in [7, 11) is 2.00. The van der Waals surface area contributed by atoms with Gasteiger partial charge in [0.2, 0.25) is 11.8 Å². The van der Waals surface area contributed by atoms with Crippen LogP contribution >= 0.6 is 11.8 Å². The molecule has 0 aliphatic rings. The fraction of sp³-hybridized carbons (Fsp3) is 0.529. The highest BCUT2D eigenvalue weighted by atomic mass is 32.2. The van der Waals surface area contributed by atoms with E-state index in [0.717, 1.165) is 6.42 Å². The first-order valence-corrected chi connectivity index (χ1v) is 9.39. The molecule has 6 heteroatoms. The lowest BCUT2D eigenvalue weighted by molar-refractivity contribution is -0.133. The molecular formula is C17H27BN2O2S. The molecule has 1 aromatic rings. The average Bonchev–Trinajstić information content (AvgIpc) is 2.47. The Balaban J connectivity index is 2.54. The summed E-state index contributed by atoms with van der Waals surface area (Å²) in [5.41, 5.74) is 3.74. The van der Waals surface area contributed by atoms with Gasteiger partial charge < -0.3 is 10.2 Å². The summed E-state index contributed by atoms with van der Waals surface area (Å²) >= 11 is 1.48. The number of amides is 2. The molecule has 0 radical (unpaired) electrons. The van der Waals surface area contributed by atoms with E-state index in [-0.39, 0.29) is 24.3 Å². The first kappa shape index (κ1) is 19.6. The number of nitrogens with zero attached hydrogens (tertiary/aromatic N) is 1. The predicted octanol–water partition coefficient (Wildman–Crippen LogP) is 1.13. The molecule has 1 aromatic carbocycles. The van der Waals surface area contributed by atoms with Crippen molar-refractivity contribution in [1.82, 2.24) is 10.2 Å². The van der Waals surface area contributed by atoms with Crippen LogP contribution in [0.2, 0.25) is 0 Å². The van der Waals surface area contributed by atoms with Gasteiger partial charge in [-0.2, -0.15) is 11.8 Å². The molecule has 23 heavy (non-hydrogen) atoms. The fourth-order valence-electron chi connectivity index (χ4n) is 2.54. The first-order chi connectivity index (χ1) is 10.9. The minimum Gasteiger partial charge on any atom is -0.360 e. The Morgan fingerprint density at radius 2 is 2.04 bits per heavy atom. The molecular weight excluding hydrogens is 307 g/mol. The van der Waals surface area contributed by atoms with Crippen molar-refractivity contribution in [3.63, 3.8) is 0 Å². The van der Waals surface area contributed by atoms with Crippen molar-refractivity contribution < 1.29 is 9.59 Å². The van der Waals surface area contributed by atoms with Crippen molar-refractivity contribution >= 4 is 31.4 Å². The Morgan fingerprint density at radius 1 is 1.35 bits per heavy atom. The maximum absolute atomic E-state index is 12.1. The molecule has 4 nitrogen and oxygen atoms in total. The predicted molar refractivity (Wildman–Crippen MR) is 101 cm³/mol. The normalized spacial score (nSPS) is 11.8. The SMILES string of the molecule is B[C@H](Cc1ccc(C)cc1C)NC(=O)CN(CC)C(=O)CSC. The van der Waals surface area contributed by atoms with Crippen molar-refractivity contribution in [3.8, 4) is 0 Å². The van der Waals surface area contributed by atoms with Crippen molar-refractivity contribution in [1.29, 1.82) is 0 Å². The number of carbonyl (C=O) groups is 2. The van der Waals surface area contributed by atoms with Gasteiger partial charge >= 0.3 is 0 Å². The maximum Gasteiger partial charge on any atom is 0.239 e. The molecule has 0 aliphatic heterocycles. The molecule has 1 N–H and O–H groups in total. The lowest BCUT2D eigenvalue weighted by Gasteiger charge is -2.22. The molecule has 126 valence electrons. The molecule has 1 rings (SSSR count). The van der Waals surface area contributed by atoms with Crippen molar-refractivity contribution in [2.24, 2.45) is 0 Å². The van der Waals surface area contributed by atoms with E-state index in [2.05, 4.69) is 37.4 Å². The standard InChI is InChI=1S/C17H27BN2O2S/c1-5-20(17(22)11-23-4)10-16(21)19-15(18)9-14-7-6-12(2)8-13(14)3/h6-8,15H,5,9-11,18H2,1-4H3,(H,19,21)/t15-/m0/s1. The quantitative estimate of drug-likeness (QED) is 0.725. The number of nitrogens with one attached hydrogen (secondary N) is 1. The zero-order chi connectivity index (χ0) is 17.4. The van der Waals surface area contributed by atoms with E-state index in [1.807, 2.05) is 21.0 Å². The monoisotopic (exact) mass is 334 g/mol. The van der Waals surface area contributed by atoms with Crippen LogP contribution in [0.3, 0.4) is 0 Å². The molecule has 1 atom stereocenters. The van der Waals surface area contributed by atoms with Crippen LogP contribution in [-0.2, 0) is 16.0 Å². The lowest BCUT2D eigenvalue weighted by atomic mass is 9.87. The summed E-state index contributed by atoms with van der Waals surface area (Å²) in [5.74, 6) is 0.369. The number of benzene rings is 1. The molecule has 0 saturated carbocycles. The largest absolute Gasteiger partial charge is 0.360 e. The molecule has 0 aromatic heterocycles. The van der Waals surface area contributed by atoms with E-state index in [4.69, 9.17) is 0 Å². The molecule has 0 bridgehead atoms. The second kappa shape index (κ2) is 9.66. The number of thioether (sulfide) groups is 1. The second-order valence-electron chi connectivity index (χ2n) is 5.94. The number of rotatable bonds is 8. The highest BCUT2D eigenvalue weighted by Crippen LogP contribution is 2.12. The summed E-state index contributed by atoms with van der Waals surface area (Å²) in [5, 5.41) is 2.99. The van der Waals surface area contributed by atoms with Gasteiger partial charge in [0.05, 0.1) is 12.3 Å². The van der Waals surface area contributed by atoms with Crippen molar-refractivity contribution in [3.05, 3.63) is 34.9 Å². The van der Waals surface area contributed by atoms with Crippen LogP contribution < -0.4 is 5.32 Å². The third-order valence-electron chi connectivity index (χ3n) is 3.77. The highest BCUT2D eigenvalue weighted by Gasteiger charge is 2.16. The Morgan fingerprint density at radius 3 is 2.61 bits per heavy atom. The first-order valence-electron chi connectivity index (χ1n) is 7.99. The second-order valence-corrected chi connectivity index (χ2v) is 6.81. The lowest BCUT2D eigenvalue weighted by Crippen LogP contribution is -2.45.